The lowest BCUT2D eigenvalue weighted by molar-refractivity contribution is -0.146. The molecule has 0 spiro atoms. The van der Waals surface area contributed by atoms with Crippen LogP contribution >= 0.6 is 11.6 Å². The minimum Gasteiger partial charge on any atom is -0.491 e. The molecular weight excluding hydrogens is 461 g/mol. The third-order valence-electron chi connectivity index (χ3n) is 5.35. The van der Waals surface area contributed by atoms with Gasteiger partial charge in [-0.3, -0.25) is 4.79 Å². The molecule has 0 bridgehead atoms. The fraction of sp³-hybridized carbons (Fsp3) is 0.429. The van der Waals surface area contributed by atoms with Gasteiger partial charge in [0, 0.05) is 24.0 Å². The molecule has 1 amide bonds. The van der Waals surface area contributed by atoms with Crippen molar-refractivity contribution in [1.29, 1.82) is 0 Å². The lowest BCUT2D eigenvalue weighted by Gasteiger charge is -2.32. The third-order valence-corrected chi connectivity index (χ3v) is 5.59. The molecule has 1 saturated heterocycles. The molecule has 0 aliphatic carbocycles. The summed E-state index contributed by atoms with van der Waals surface area (Å²) in [4.78, 5) is 14.7. The van der Waals surface area contributed by atoms with Crippen LogP contribution in [0.2, 0.25) is 5.02 Å². The molecule has 0 atom stereocenters. The number of halogens is 4. The van der Waals surface area contributed by atoms with Crippen LogP contribution < -0.4 is 15.0 Å². The maximum Gasteiger partial charge on any atom is 0.453 e. The summed E-state index contributed by atoms with van der Waals surface area (Å²) in [6, 6.07) is 8.12. The van der Waals surface area contributed by atoms with Crippen molar-refractivity contribution in [2.24, 2.45) is 5.92 Å². The number of piperidine rings is 1. The van der Waals surface area contributed by atoms with Gasteiger partial charge in [-0.1, -0.05) is 18.5 Å². The van der Waals surface area contributed by atoms with E-state index in [1.165, 1.54) is 6.07 Å². The van der Waals surface area contributed by atoms with Crippen molar-refractivity contribution < 1.29 is 22.7 Å². The largest absolute Gasteiger partial charge is 0.491 e. The Morgan fingerprint density at radius 2 is 1.97 bits per heavy atom. The first kappa shape index (κ1) is 23.1. The molecule has 0 unspecified atom stereocenters. The summed E-state index contributed by atoms with van der Waals surface area (Å²) in [6.07, 6.45) is -2.79. The molecule has 2 aromatic heterocycles. The van der Waals surface area contributed by atoms with Crippen molar-refractivity contribution in [3.63, 3.8) is 0 Å². The van der Waals surface area contributed by atoms with Crippen molar-refractivity contribution in [3.05, 3.63) is 41.2 Å². The Bertz CT molecular complexity index is 1140. The van der Waals surface area contributed by atoms with Crippen molar-refractivity contribution in [1.82, 2.24) is 19.8 Å². The second-order valence-electron chi connectivity index (χ2n) is 7.72. The minimum absolute atomic E-state index is 0.0166. The summed E-state index contributed by atoms with van der Waals surface area (Å²) < 4.78 is 45.8. The number of benzene rings is 1. The molecule has 1 aliphatic heterocycles. The predicted molar refractivity (Wildman–Crippen MR) is 117 cm³/mol. The number of hydrogen-bond donors (Lipinski definition) is 1. The molecule has 33 heavy (non-hydrogen) atoms. The van der Waals surface area contributed by atoms with Crippen molar-refractivity contribution >= 4 is 34.7 Å². The van der Waals surface area contributed by atoms with Crippen LogP contribution in [0, 0.1) is 5.92 Å². The summed E-state index contributed by atoms with van der Waals surface area (Å²) in [5.74, 6) is -0.657. The number of hydrogen-bond acceptors (Lipinski definition) is 6. The zero-order valence-electron chi connectivity index (χ0n) is 17.8. The molecule has 1 aliphatic rings. The van der Waals surface area contributed by atoms with Gasteiger partial charge in [0.25, 0.3) is 5.82 Å². The number of ether oxygens (including phenoxy) is 1. The quantitative estimate of drug-likeness (QED) is 0.559. The Morgan fingerprint density at radius 3 is 2.67 bits per heavy atom. The van der Waals surface area contributed by atoms with Crippen LogP contribution in [0.4, 0.5) is 24.7 Å². The molecule has 1 N–H and O–H groups in total. The van der Waals surface area contributed by atoms with E-state index in [0.29, 0.717) is 59.3 Å². The molecular formula is C21H22ClF3N6O2. The van der Waals surface area contributed by atoms with Gasteiger partial charge < -0.3 is 15.0 Å². The molecule has 4 rings (SSSR count). The fourth-order valence-electron chi connectivity index (χ4n) is 3.67. The van der Waals surface area contributed by atoms with E-state index in [1.54, 1.807) is 24.3 Å². The van der Waals surface area contributed by atoms with Gasteiger partial charge >= 0.3 is 6.18 Å². The average Bonchev–Trinajstić information content (AvgIpc) is 3.22. The molecule has 0 radical (unpaired) electrons. The number of aromatic nitrogens is 4. The second kappa shape index (κ2) is 9.42. The highest BCUT2D eigenvalue weighted by Crippen LogP contribution is 2.31. The van der Waals surface area contributed by atoms with E-state index < -0.39 is 12.0 Å². The Kier molecular flexibility index (Phi) is 6.59. The van der Waals surface area contributed by atoms with E-state index >= 15 is 0 Å². The van der Waals surface area contributed by atoms with Gasteiger partial charge in [-0.25, -0.2) is 0 Å². The summed E-state index contributed by atoms with van der Waals surface area (Å²) in [7, 11) is 0. The van der Waals surface area contributed by atoms with Crippen LogP contribution in [0.3, 0.4) is 0 Å². The van der Waals surface area contributed by atoms with Gasteiger partial charge in [-0.2, -0.15) is 17.7 Å². The van der Waals surface area contributed by atoms with E-state index in [0.717, 1.165) is 6.42 Å². The van der Waals surface area contributed by atoms with Crippen molar-refractivity contribution in [2.45, 2.75) is 32.4 Å². The molecule has 3 aromatic rings. The third kappa shape index (κ3) is 5.13. The number of fused-ring (bicyclic) bond motifs is 1. The number of carbonyl (C=O) groups is 1. The zero-order valence-corrected chi connectivity index (χ0v) is 18.5. The highest BCUT2D eigenvalue weighted by atomic mass is 35.5. The van der Waals surface area contributed by atoms with Crippen LogP contribution in [0.5, 0.6) is 5.75 Å². The fourth-order valence-corrected chi connectivity index (χ4v) is 3.84. The number of nitrogens with zero attached hydrogens (tertiary/aromatic N) is 5. The monoisotopic (exact) mass is 482 g/mol. The maximum atomic E-state index is 13.1. The lowest BCUT2D eigenvalue weighted by atomic mass is 9.95. The second-order valence-corrected chi connectivity index (χ2v) is 8.16. The van der Waals surface area contributed by atoms with Gasteiger partial charge in [0.1, 0.15) is 11.6 Å². The highest BCUT2D eigenvalue weighted by molar-refractivity contribution is 6.31. The lowest BCUT2D eigenvalue weighted by Crippen LogP contribution is -2.38. The number of carbonyl (C=O) groups excluding carboxylic acids is 1. The minimum atomic E-state index is -4.66. The van der Waals surface area contributed by atoms with Gasteiger partial charge in [0.2, 0.25) is 5.91 Å². The Morgan fingerprint density at radius 1 is 1.21 bits per heavy atom. The SMILES string of the molecule is CCCOc1ccc(Cl)cc1NC(=O)C1CCN(c2ccc3nnc(C(F)(F)F)n3n2)CC1. The average molecular weight is 483 g/mol. The Balaban J connectivity index is 1.42. The summed E-state index contributed by atoms with van der Waals surface area (Å²) in [5.41, 5.74) is 0.533. The first-order valence-corrected chi connectivity index (χ1v) is 10.9. The van der Waals surface area contributed by atoms with Gasteiger partial charge in [-0.15, -0.1) is 15.3 Å². The number of alkyl halides is 3. The number of rotatable bonds is 6. The first-order chi connectivity index (χ1) is 15.8. The molecule has 1 fully saturated rings. The maximum absolute atomic E-state index is 13.1. The molecule has 176 valence electrons. The number of amides is 1. The summed E-state index contributed by atoms with van der Waals surface area (Å²) >= 11 is 6.08. The molecule has 12 heteroatoms. The van der Waals surface area contributed by atoms with Crippen LogP contribution in [0.15, 0.2) is 30.3 Å². The first-order valence-electron chi connectivity index (χ1n) is 10.5. The summed E-state index contributed by atoms with van der Waals surface area (Å²) in [5, 5.41) is 14.2. The van der Waals surface area contributed by atoms with Gasteiger partial charge in [0.15, 0.2) is 5.65 Å². The van der Waals surface area contributed by atoms with Gasteiger partial charge in [-0.05, 0) is 49.6 Å². The van der Waals surface area contributed by atoms with Crippen molar-refractivity contribution in [3.8, 4) is 5.75 Å². The topological polar surface area (TPSA) is 84.6 Å². The van der Waals surface area contributed by atoms with Gasteiger partial charge in [0.05, 0.1) is 12.3 Å². The molecule has 3 heterocycles. The van der Waals surface area contributed by atoms with E-state index in [4.69, 9.17) is 16.3 Å². The standard InChI is InChI=1S/C21H22ClF3N6O2/c1-2-11-33-16-4-3-14(22)12-15(16)26-19(32)13-7-9-30(10-8-13)18-6-5-17-27-28-20(21(23,24)25)31(17)29-18/h3-6,12-13H,2,7-11H2,1H3,(H,26,32). The predicted octanol–water partition coefficient (Wildman–Crippen LogP) is 4.44. The summed E-state index contributed by atoms with van der Waals surface area (Å²) in [6.45, 7) is 3.44. The molecule has 0 saturated carbocycles. The van der Waals surface area contributed by atoms with Crippen LogP contribution in [0.1, 0.15) is 32.0 Å². The van der Waals surface area contributed by atoms with Crippen LogP contribution in [-0.2, 0) is 11.0 Å². The van der Waals surface area contributed by atoms with E-state index in [9.17, 15) is 18.0 Å². The normalized spacial score (nSPS) is 15.1. The smallest absolute Gasteiger partial charge is 0.453 e. The highest BCUT2D eigenvalue weighted by Gasteiger charge is 2.38. The van der Waals surface area contributed by atoms with Crippen LogP contribution in [-0.4, -0.2) is 45.4 Å². The van der Waals surface area contributed by atoms with E-state index in [-0.39, 0.29) is 17.5 Å². The Labute approximate surface area is 192 Å². The number of anilines is 2. The zero-order chi connectivity index (χ0) is 23.6. The molecule has 1 aromatic carbocycles. The van der Waals surface area contributed by atoms with E-state index in [1.807, 2.05) is 11.8 Å². The Hall–Kier alpha value is -3.08. The van der Waals surface area contributed by atoms with Crippen molar-refractivity contribution in [2.75, 3.05) is 29.9 Å². The van der Waals surface area contributed by atoms with E-state index in [2.05, 4.69) is 20.6 Å². The van der Waals surface area contributed by atoms with Crippen LogP contribution in [0.25, 0.3) is 5.65 Å². The molecule has 8 nitrogen and oxygen atoms in total. The number of nitrogens with one attached hydrogen (secondary N) is 1.